The summed E-state index contributed by atoms with van der Waals surface area (Å²) in [5, 5.41) is 22.1. The number of fused-ring (bicyclic) bond motifs is 1. The molecule has 2 N–H and O–H groups in total. The van der Waals surface area contributed by atoms with Gasteiger partial charge in [0.05, 0.1) is 22.8 Å². The smallest absolute Gasteiger partial charge is 0.328 e. The van der Waals surface area contributed by atoms with Crippen molar-refractivity contribution in [3.05, 3.63) is 51.7 Å². The Balaban J connectivity index is 2.04. The molecule has 1 atom stereocenters. The zero-order chi connectivity index (χ0) is 18.8. The number of aliphatic hydroxyl groups is 1. The summed E-state index contributed by atoms with van der Waals surface area (Å²) < 4.78 is 3.21. The number of nitrogens with one attached hydrogen (secondary N) is 1. The van der Waals surface area contributed by atoms with E-state index in [0.29, 0.717) is 24.3 Å². The molecular formula is C18H18ClN5O2. The van der Waals surface area contributed by atoms with Gasteiger partial charge < -0.3 is 10.4 Å². The maximum atomic E-state index is 12.5. The van der Waals surface area contributed by atoms with Crippen molar-refractivity contribution in [1.82, 2.24) is 14.1 Å². The Hall–Kier alpha value is -2.82. The third kappa shape index (κ3) is 3.29. The Morgan fingerprint density at radius 2 is 2.15 bits per heavy atom. The van der Waals surface area contributed by atoms with Crippen LogP contribution in [-0.4, -0.2) is 25.3 Å². The van der Waals surface area contributed by atoms with Crippen LogP contribution in [0.25, 0.3) is 11.0 Å². The number of nitriles is 1. The van der Waals surface area contributed by atoms with Crippen molar-refractivity contribution in [1.29, 1.82) is 5.26 Å². The molecule has 2 aromatic heterocycles. The molecule has 0 saturated heterocycles. The zero-order valence-corrected chi connectivity index (χ0v) is 15.2. The largest absolute Gasteiger partial charge is 0.393 e. The van der Waals surface area contributed by atoms with Crippen molar-refractivity contribution in [2.75, 3.05) is 5.32 Å². The van der Waals surface area contributed by atoms with Gasteiger partial charge in [0, 0.05) is 25.5 Å². The van der Waals surface area contributed by atoms with Crippen LogP contribution in [0.4, 0.5) is 11.4 Å². The second-order valence-corrected chi connectivity index (χ2v) is 6.45. The van der Waals surface area contributed by atoms with E-state index in [0.717, 1.165) is 11.0 Å². The van der Waals surface area contributed by atoms with Gasteiger partial charge in [-0.25, -0.2) is 9.78 Å². The maximum absolute atomic E-state index is 12.5. The number of halogens is 1. The fourth-order valence-corrected chi connectivity index (χ4v) is 3.02. The highest BCUT2D eigenvalue weighted by molar-refractivity contribution is 6.31. The molecule has 0 saturated carbocycles. The predicted octanol–water partition coefficient (Wildman–Crippen LogP) is 2.77. The van der Waals surface area contributed by atoms with Crippen molar-refractivity contribution >= 4 is 34.0 Å². The van der Waals surface area contributed by atoms with Crippen LogP contribution >= 0.6 is 11.6 Å². The minimum absolute atomic E-state index is 0.132. The van der Waals surface area contributed by atoms with E-state index in [2.05, 4.69) is 10.3 Å². The van der Waals surface area contributed by atoms with Crippen molar-refractivity contribution in [2.24, 2.45) is 7.05 Å². The normalized spacial score (nSPS) is 12.1. The molecule has 2 heterocycles. The molecule has 0 aliphatic carbocycles. The standard InChI is InChI=1S/C18H18ClN5O2/c1-11(25)6-8-24-16-9-12(3-4-15(16)23(2)18(24)26)22-14-5-7-21-17(19)13(14)10-20/h3-5,7,9,11,25H,6,8H2,1-2H3,(H,21,22)/t11-/m0/s1. The van der Waals surface area contributed by atoms with Gasteiger partial charge >= 0.3 is 5.69 Å². The SMILES string of the molecule is C[C@H](O)CCn1c(=O)n(C)c2ccc(Nc3ccnc(Cl)c3C#N)cc21. The Bertz CT molecular complexity index is 1060. The average molecular weight is 372 g/mol. The predicted molar refractivity (Wildman–Crippen MR) is 101 cm³/mol. The number of aromatic nitrogens is 3. The number of nitrogens with zero attached hydrogens (tertiary/aromatic N) is 4. The molecule has 7 nitrogen and oxygen atoms in total. The maximum Gasteiger partial charge on any atom is 0.328 e. The van der Waals surface area contributed by atoms with Crippen LogP contribution in [0.1, 0.15) is 18.9 Å². The van der Waals surface area contributed by atoms with Crippen LogP contribution in [0.2, 0.25) is 5.15 Å². The molecule has 3 aromatic rings. The first-order valence-corrected chi connectivity index (χ1v) is 8.49. The van der Waals surface area contributed by atoms with E-state index in [1.54, 1.807) is 29.2 Å². The first-order valence-electron chi connectivity index (χ1n) is 8.11. The molecular weight excluding hydrogens is 354 g/mol. The second-order valence-electron chi connectivity index (χ2n) is 6.10. The van der Waals surface area contributed by atoms with Gasteiger partial charge in [0.25, 0.3) is 0 Å². The van der Waals surface area contributed by atoms with E-state index in [9.17, 15) is 15.2 Å². The summed E-state index contributed by atoms with van der Waals surface area (Å²) in [5.41, 5.74) is 2.92. The number of benzene rings is 1. The van der Waals surface area contributed by atoms with Crippen LogP contribution in [0, 0.1) is 11.3 Å². The molecule has 0 radical (unpaired) electrons. The number of hydrogen-bond donors (Lipinski definition) is 2. The highest BCUT2D eigenvalue weighted by Crippen LogP contribution is 2.26. The van der Waals surface area contributed by atoms with Crippen LogP contribution < -0.4 is 11.0 Å². The van der Waals surface area contributed by atoms with Gasteiger partial charge in [-0.15, -0.1) is 0 Å². The van der Waals surface area contributed by atoms with E-state index in [-0.39, 0.29) is 16.4 Å². The van der Waals surface area contributed by atoms with E-state index < -0.39 is 6.10 Å². The lowest BCUT2D eigenvalue weighted by Gasteiger charge is -2.10. The van der Waals surface area contributed by atoms with E-state index in [1.165, 1.54) is 6.20 Å². The highest BCUT2D eigenvalue weighted by atomic mass is 35.5. The minimum Gasteiger partial charge on any atom is -0.393 e. The molecule has 0 aliphatic rings. The zero-order valence-electron chi connectivity index (χ0n) is 14.4. The van der Waals surface area contributed by atoms with Crippen molar-refractivity contribution < 1.29 is 5.11 Å². The summed E-state index contributed by atoms with van der Waals surface area (Å²) in [6.07, 6.45) is 1.51. The van der Waals surface area contributed by atoms with Gasteiger partial charge in [-0.1, -0.05) is 11.6 Å². The lowest BCUT2D eigenvalue weighted by atomic mass is 10.2. The highest BCUT2D eigenvalue weighted by Gasteiger charge is 2.13. The van der Waals surface area contributed by atoms with Crippen molar-refractivity contribution in [3.63, 3.8) is 0 Å². The van der Waals surface area contributed by atoms with Crippen LogP contribution in [-0.2, 0) is 13.6 Å². The third-order valence-corrected chi connectivity index (χ3v) is 4.50. The molecule has 26 heavy (non-hydrogen) atoms. The molecule has 0 bridgehead atoms. The average Bonchev–Trinajstić information content (AvgIpc) is 2.84. The Morgan fingerprint density at radius 1 is 1.38 bits per heavy atom. The minimum atomic E-state index is -0.490. The van der Waals surface area contributed by atoms with Crippen molar-refractivity contribution in [3.8, 4) is 6.07 Å². The van der Waals surface area contributed by atoms with Crippen LogP contribution in [0.5, 0.6) is 0 Å². The summed E-state index contributed by atoms with van der Waals surface area (Å²) in [6, 6.07) is 9.21. The fourth-order valence-electron chi connectivity index (χ4n) is 2.82. The summed E-state index contributed by atoms with van der Waals surface area (Å²) >= 11 is 5.96. The summed E-state index contributed by atoms with van der Waals surface area (Å²) in [4.78, 5) is 16.4. The van der Waals surface area contributed by atoms with Gasteiger partial charge in [-0.3, -0.25) is 9.13 Å². The van der Waals surface area contributed by atoms with Gasteiger partial charge in [-0.05, 0) is 37.6 Å². The number of rotatable bonds is 5. The molecule has 134 valence electrons. The van der Waals surface area contributed by atoms with Gasteiger partial charge in [-0.2, -0.15) is 5.26 Å². The molecule has 0 fully saturated rings. The van der Waals surface area contributed by atoms with E-state index in [4.69, 9.17) is 11.6 Å². The van der Waals surface area contributed by atoms with Gasteiger partial charge in [0.2, 0.25) is 0 Å². The number of hydrogen-bond acceptors (Lipinski definition) is 5. The summed E-state index contributed by atoms with van der Waals surface area (Å²) in [5.74, 6) is 0. The monoisotopic (exact) mass is 371 g/mol. The molecule has 0 unspecified atom stereocenters. The Kier molecular flexibility index (Phi) is 4.98. The quantitative estimate of drug-likeness (QED) is 0.672. The van der Waals surface area contributed by atoms with Crippen LogP contribution in [0.3, 0.4) is 0 Å². The molecule has 0 aliphatic heterocycles. The Morgan fingerprint density at radius 3 is 2.85 bits per heavy atom. The lowest BCUT2D eigenvalue weighted by molar-refractivity contribution is 0.178. The number of aliphatic hydroxyl groups excluding tert-OH is 1. The first kappa shape index (κ1) is 18.0. The molecule has 0 amide bonds. The van der Waals surface area contributed by atoms with Gasteiger partial charge in [0.15, 0.2) is 0 Å². The molecule has 0 spiro atoms. The first-order chi connectivity index (χ1) is 12.4. The Labute approximate surface area is 155 Å². The molecule has 8 heteroatoms. The number of imidazole rings is 1. The molecule has 3 rings (SSSR count). The third-order valence-electron chi connectivity index (χ3n) is 4.21. The number of pyridine rings is 1. The molecule has 1 aromatic carbocycles. The number of aryl methyl sites for hydroxylation is 2. The topological polar surface area (TPSA) is 95.9 Å². The van der Waals surface area contributed by atoms with Crippen molar-refractivity contribution in [2.45, 2.75) is 26.0 Å². The van der Waals surface area contributed by atoms with Crippen LogP contribution in [0.15, 0.2) is 35.3 Å². The summed E-state index contributed by atoms with van der Waals surface area (Å²) in [6.45, 7) is 2.11. The fraction of sp³-hybridized carbons (Fsp3) is 0.278. The number of anilines is 2. The lowest BCUT2D eigenvalue weighted by Crippen LogP contribution is -2.23. The second kappa shape index (κ2) is 7.20. The van der Waals surface area contributed by atoms with E-state index >= 15 is 0 Å². The van der Waals surface area contributed by atoms with Gasteiger partial charge in [0.1, 0.15) is 16.8 Å². The summed E-state index contributed by atoms with van der Waals surface area (Å²) in [7, 11) is 1.72. The van der Waals surface area contributed by atoms with E-state index in [1.807, 2.05) is 24.3 Å².